The van der Waals surface area contributed by atoms with Crippen molar-refractivity contribution in [2.75, 3.05) is 5.32 Å². The first-order valence-corrected chi connectivity index (χ1v) is 8.71. The van der Waals surface area contributed by atoms with Gasteiger partial charge in [0, 0.05) is 16.1 Å². The first-order chi connectivity index (χ1) is 10.2. The number of halogens is 2. The van der Waals surface area contributed by atoms with Crippen molar-refractivity contribution < 1.29 is 9.59 Å². The van der Waals surface area contributed by atoms with E-state index in [1.165, 1.54) is 0 Å². The maximum Gasteiger partial charge on any atom is 0.232 e. The highest BCUT2D eigenvalue weighted by Crippen LogP contribution is 2.72. The minimum atomic E-state index is -0.710. The van der Waals surface area contributed by atoms with Gasteiger partial charge in [-0.1, -0.05) is 48.3 Å². The highest BCUT2D eigenvalue weighted by molar-refractivity contribution is 9.10. The fourth-order valence-corrected chi connectivity index (χ4v) is 5.87. The lowest BCUT2D eigenvalue weighted by Crippen LogP contribution is -2.47. The van der Waals surface area contributed by atoms with Gasteiger partial charge < -0.3 is 5.32 Å². The predicted molar refractivity (Wildman–Crippen MR) is 91.4 cm³/mol. The number of benzene rings is 1. The molecule has 3 nitrogen and oxygen atoms in total. The minimum absolute atomic E-state index is 0.0868. The zero-order valence-corrected chi connectivity index (χ0v) is 15.2. The number of rotatable bonds is 2. The molecule has 2 aliphatic carbocycles. The summed E-state index contributed by atoms with van der Waals surface area (Å²) in [5.74, 6) is 0.0614. The number of nitrogens with one attached hydrogen (secondary N) is 1. The Morgan fingerprint density at radius 1 is 1.23 bits per heavy atom. The van der Waals surface area contributed by atoms with Gasteiger partial charge in [-0.25, -0.2) is 0 Å². The summed E-state index contributed by atoms with van der Waals surface area (Å²) in [4.78, 5) is 25.3. The molecule has 0 aromatic heterocycles. The predicted octanol–water partition coefficient (Wildman–Crippen LogP) is 4.44. The quantitative estimate of drug-likeness (QED) is 0.766. The van der Waals surface area contributed by atoms with Gasteiger partial charge in [0.2, 0.25) is 5.91 Å². The second-order valence-electron chi connectivity index (χ2n) is 7.12. The summed E-state index contributed by atoms with van der Waals surface area (Å²) in [6.07, 6.45) is 1.48. The van der Waals surface area contributed by atoms with Crippen LogP contribution in [0.2, 0.25) is 5.02 Å². The Kier molecular flexibility index (Phi) is 3.50. The zero-order valence-electron chi connectivity index (χ0n) is 12.9. The standard InChI is InChI=1S/C17H19BrClNO2/c1-15(2)16(3)8-9-17(15,12(18)13(16)21)14(22)20-11-6-4-10(19)5-7-11/h4-7,12H,8-9H2,1-3H3,(H,20,22)/t12-,16+,17-/m1/s1. The van der Waals surface area contributed by atoms with Gasteiger partial charge in [0.25, 0.3) is 0 Å². The Balaban J connectivity index is 1.97. The molecule has 5 heteroatoms. The molecule has 0 saturated heterocycles. The number of anilines is 1. The topological polar surface area (TPSA) is 46.2 Å². The van der Waals surface area contributed by atoms with Crippen molar-refractivity contribution in [3.8, 4) is 0 Å². The number of carbonyl (C=O) groups excluding carboxylic acids is 2. The Labute approximate surface area is 143 Å². The van der Waals surface area contributed by atoms with Gasteiger partial charge in [-0.05, 0) is 42.5 Å². The van der Waals surface area contributed by atoms with Crippen LogP contribution in [0.25, 0.3) is 0 Å². The molecule has 3 atom stereocenters. The van der Waals surface area contributed by atoms with Crippen molar-refractivity contribution >= 4 is 44.9 Å². The van der Waals surface area contributed by atoms with Gasteiger partial charge in [-0.2, -0.15) is 0 Å². The van der Waals surface area contributed by atoms with E-state index in [9.17, 15) is 9.59 Å². The van der Waals surface area contributed by atoms with Crippen molar-refractivity contribution in [2.24, 2.45) is 16.2 Å². The van der Waals surface area contributed by atoms with Gasteiger partial charge in [0.1, 0.15) is 0 Å². The molecule has 1 amide bonds. The first-order valence-electron chi connectivity index (χ1n) is 7.42. The molecule has 0 aliphatic heterocycles. The molecule has 118 valence electrons. The fraction of sp³-hybridized carbons (Fsp3) is 0.529. The van der Waals surface area contributed by atoms with Gasteiger partial charge in [-0.3, -0.25) is 9.59 Å². The van der Waals surface area contributed by atoms with Crippen LogP contribution in [0.1, 0.15) is 33.6 Å². The molecule has 2 saturated carbocycles. The van der Waals surface area contributed by atoms with Crippen molar-refractivity contribution in [1.82, 2.24) is 0 Å². The molecular weight excluding hydrogens is 366 g/mol. The lowest BCUT2D eigenvalue weighted by atomic mass is 9.64. The average molecular weight is 385 g/mol. The summed E-state index contributed by atoms with van der Waals surface area (Å²) in [6, 6.07) is 7.03. The molecule has 2 aliphatic rings. The van der Waals surface area contributed by atoms with E-state index < -0.39 is 15.7 Å². The fourth-order valence-electron chi connectivity index (χ4n) is 4.23. The van der Waals surface area contributed by atoms with E-state index >= 15 is 0 Å². The smallest absolute Gasteiger partial charge is 0.232 e. The average Bonchev–Trinajstić information content (AvgIpc) is 2.74. The third-order valence-corrected chi connectivity index (χ3v) is 7.68. The molecule has 0 unspecified atom stereocenters. The molecule has 0 heterocycles. The molecule has 1 aromatic carbocycles. The highest BCUT2D eigenvalue weighted by atomic mass is 79.9. The second-order valence-corrected chi connectivity index (χ2v) is 8.47. The van der Waals surface area contributed by atoms with Crippen LogP contribution in [0.3, 0.4) is 0 Å². The lowest BCUT2D eigenvalue weighted by molar-refractivity contribution is -0.130. The largest absolute Gasteiger partial charge is 0.326 e. The molecule has 2 bridgehead atoms. The van der Waals surface area contributed by atoms with Crippen LogP contribution in [-0.4, -0.2) is 16.5 Å². The van der Waals surface area contributed by atoms with Crippen LogP contribution in [0.4, 0.5) is 5.69 Å². The summed E-state index contributed by atoms with van der Waals surface area (Å²) >= 11 is 9.40. The van der Waals surface area contributed by atoms with Gasteiger partial charge >= 0.3 is 0 Å². The van der Waals surface area contributed by atoms with Crippen LogP contribution in [0, 0.1) is 16.2 Å². The van der Waals surface area contributed by atoms with Crippen LogP contribution >= 0.6 is 27.5 Å². The number of ketones is 1. The van der Waals surface area contributed by atoms with Crippen molar-refractivity contribution in [2.45, 2.75) is 38.4 Å². The lowest BCUT2D eigenvalue weighted by Gasteiger charge is -2.39. The molecule has 0 spiro atoms. The maximum absolute atomic E-state index is 13.1. The molecule has 1 aromatic rings. The van der Waals surface area contributed by atoms with Crippen LogP contribution in [-0.2, 0) is 9.59 Å². The summed E-state index contributed by atoms with van der Waals surface area (Å²) in [6.45, 7) is 6.08. The summed E-state index contributed by atoms with van der Waals surface area (Å²) in [7, 11) is 0. The number of hydrogen-bond acceptors (Lipinski definition) is 2. The number of alkyl halides is 1. The Morgan fingerprint density at radius 2 is 1.82 bits per heavy atom. The minimum Gasteiger partial charge on any atom is -0.326 e. The number of amides is 1. The van der Waals surface area contributed by atoms with E-state index in [0.717, 1.165) is 12.8 Å². The third kappa shape index (κ3) is 1.74. The molecule has 1 N–H and O–H groups in total. The SMILES string of the molecule is CC1(C)[C@@]2(C)CC[C@]1(C(=O)Nc1ccc(Cl)cc1)[C@H](Br)C2=O. The molecule has 22 heavy (non-hydrogen) atoms. The third-order valence-electron chi connectivity index (χ3n) is 6.23. The molecular formula is C17H19BrClNO2. The summed E-state index contributed by atoms with van der Waals surface area (Å²) < 4.78 is 0. The second kappa shape index (κ2) is 4.81. The van der Waals surface area contributed by atoms with Crippen LogP contribution < -0.4 is 5.32 Å². The summed E-state index contributed by atoms with van der Waals surface area (Å²) in [5.41, 5.74) is -0.842. The number of carbonyl (C=O) groups is 2. The molecule has 2 fully saturated rings. The van der Waals surface area contributed by atoms with Crippen molar-refractivity contribution in [3.05, 3.63) is 29.3 Å². The molecule has 3 rings (SSSR count). The highest BCUT2D eigenvalue weighted by Gasteiger charge is 2.76. The number of Topliss-reactive ketones (excluding diaryl/α,β-unsaturated/α-hetero) is 1. The van der Waals surface area contributed by atoms with Crippen LogP contribution in [0.5, 0.6) is 0 Å². The van der Waals surface area contributed by atoms with E-state index in [2.05, 4.69) is 21.2 Å². The number of hydrogen-bond donors (Lipinski definition) is 1. The van der Waals surface area contributed by atoms with Gasteiger partial charge in [-0.15, -0.1) is 0 Å². The Bertz CT molecular complexity index is 657. The van der Waals surface area contributed by atoms with Crippen LogP contribution in [0.15, 0.2) is 24.3 Å². The Morgan fingerprint density at radius 3 is 2.32 bits per heavy atom. The molecule has 0 radical (unpaired) electrons. The van der Waals surface area contributed by atoms with Gasteiger partial charge in [0.15, 0.2) is 5.78 Å². The first kappa shape index (κ1) is 16.0. The van der Waals surface area contributed by atoms with Gasteiger partial charge in [0.05, 0.1) is 10.2 Å². The maximum atomic E-state index is 13.1. The van der Waals surface area contributed by atoms with E-state index in [0.29, 0.717) is 10.7 Å². The van der Waals surface area contributed by atoms with E-state index in [1.54, 1.807) is 24.3 Å². The summed E-state index contributed by atoms with van der Waals surface area (Å²) in [5, 5.41) is 3.60. The zero-order chi connectivity index (χ0) is 16.3. The monoisotopic (exact) mass is 383 g/mol. The van der Waals surface area contributed by atoms with E-state index in [-0.39, 0.29) is 17.1 Å². The van der Waals surface area contributed by atoms with Crippen molar-refractivity contribution in [3.63, 3.8) is 0 Å². The Hall–Kier alpha value is -0.870. The van der Waals surface area contributed by atoms with E-state index in [4.69, 9.17) is 11.6 Å². The number of fused-ring (bicyclic) bond motifs is 2. The normalized spacial score (nSPS) is 35.7. The van der Waals surface area contributed by atoms with E-state index in [1.807, 2.05) is 20.8 Å². The van der Waals surface area contributed by atoms with Crippen molar-refractivity contribution in [1.29, 1.82) is 0 Å².